The van der Waals surface area contributed by atoms with Crippen molar-refractivity contribution in [2.45, 2.75) is 46.5 Å². The Morgan fingerprint density at radius 3 is 2.52 bits per heavy atom. The summed E-state index contributed by atoms with van der Waals surface area (Å²) in [5.74, 6) is 0.348. The highest BCUT2D eigenvalue weighted by Crippen LogP contribution is 2.31. The first-order chi connectivity index (χ1) is 12.5. The molecule has 3 rings (SSSR count). The summed E-state index contributed by atoms with van der Waals surface area (Å²) in [6, 6.07) is 5.23. The van der Waals surface area contributed by atoms with Crippen LogP contribution in [0.4, 0.5) is 11.4 Å². The lowest BCUT2D eigenvalue weighted by atomic mass is 9.88. The number of amides is 1. The number of rotatable bonds is 3. The van der Waals surface area contributed by atoms with Crippen molar-refractivity contribution < 1.29 is 17.7 Å². The highest BCUT2D eigenvalue weighted by molar-refractivity contribution is 7.93. The highest BCUT2D eigenvalue weighted by atomic mass is 32.2. The van der Waals surface area contributed by atoms with Crippen molar-refractivity contribution >= 4 is 27.3 Å². The Bertz CT molecular complexity index is 987. The second kappa shape index (κ2) is 6.67. The number of aryl methyl sites for hydroxylation is 2. The second-order valence-corrected chi connectivity index (χ2v) is 9.92. The molecular weight excluding hydrogens is 366 g/mol. The summed E-state index contributed by atoms with van der Waals surface area (Å²) in [7, 11) is -3.24. The topological polar surface area (TPSA) is 92.5 Å². The van der Waals surface area contributed by atoms with Gasteiger partial charge in [-0.2, -0.15) is 0 Å². The first-order valence-corrected chi connectivity index (χ1v) is 10.5. The summed E-state index contributed by atoms with van der Waals surface area (Å²) >= 11 is 0. The fraction of sp³-hybridized carbons (Fsp3) is 0.474. The average Bonchev–Trinajstić information content (AvgIpc) is 3.09. The molecule has 2 heterocycles. The van der Waals surface area contributed by atoms with E-state index in [0.29, 0.717) is 41.4 Å². The van der Waals surface area contributed by atoms with Gasteiger partial charge in [-0.05, 0) is 44.0 Å². The summed E-state index contributed by atoms with van der Waals surface area (Å²) in [5.41, 5.74) is 2.76. The van der Waals surface area contributed by atoms with Crippen molar-refractivity contribution in [3.8, 4) is 0 Å². The molecule has 146 valence electrons. The van der Waals surface area contributed by atoms with Gasteiger partial charge in [0.2, 0.25) is 10.0 Å². The molecule has 1 aromatic heterocycles. The lowest BCUT2D eigenvalue weighted by Gasteiger charge is -2.20. The van der Waals surface area contributed by atoms with E-state index in [1.807, 2.05) is 27.7 Å². The maximum atomic E-state index is 12.8. The van der Waals surface area contributed by atoms with Crippen LogP contribution in [0.25, 0.3) is 0 Å². The Kier molecular flexibility index (Phi) is 4.80. The van der Waals surface area contributed by atoms with Crippen LogP contribution in [-0.2, 0) is 15.4 Å². The number of anilines is 2. The molecule has 27 heavy (non-hydrogen) atoms. The molecule has 0 atom stereocenters. The van der Waals surface area contributed by atoms with Crippen LogP contribution in [0.5, 0.6) is 0 Å². The first-order valence-electron chi connectivity index (χ1n) is 8.90. The fourth-order valence-electron chi connectivity index (χ4n) is 3.27. The highest BCUT2D eigenvalue weighted by Gasteiger charge is 2.30. The van der Waals surface area contributed by atoms with Gasteiger partial charge in [-0.3, -0.25) is 9.10 Å². The van der Waals surface area contributed by atoms with Gasteiger partial charge in [0, 0.05) is 17.6 Å². The van der Waals surface area contributed by atoms with Gasteiger partial charge < -0.3 is 9.84 Å². The number of carbonyl (C=O) groups excluding carboxylic acids is 1. The number of carbonyl (C=O) groups is 1. The number of sulfonamides is 1. The quantitative estimate of drug-likeness (QED) is 0.866. The summed E-state index contributed by atoms with van der Waals surface area (Å²) < 4.78 is 31.0. The van der Waals surface area contributed by atoms with Crippen molar-refractivity contribution in [3.63, 3.8) is 0 Å². The number of nitrogens with one attached hydrogen (secondary N) is 1. The molecule has 1 aliphatic heterocycles. The number of hydrogen-bond acceptors (Lipinski definition) is 5. The van der Waals surface area contributed by atoms with E-state index in [4.69, 9.17) is 4.52 Å². The summed E-state index contributed by atoms with van der Waals surface area (Å²) in [6.07, 6.45) is 0.628. The summed E-state index contributed by atoms with van der Waals surface area (Å²) in [6.45, 7) is 9.95. The van der Waals surface area contributed by atoms with Crippen molar-refractivity contribution in [2.75, 3.05) is 21.9 Å². The van der Waals surface area contributed by atoms with Gasteiger partial charge in [0.05, 0.1) is 11.4 Å². The third-order valence-electron chi connectivity index (χ3n) is 4.62. The molecule has 1 aliphatic rings. The number of benzene rings is 1. The molecule has 0 bridgehead atoms. The monoisotopic (exact) mass is 391 g/mol. The van der Waals surface area contributed by atoms with Crippen LogP contribution in [0.15, 0.2) is 22.7 Å². The maximum absolute atomic E-state index is 12.8. The molecule has 2 aromatic rings. The Balaban J connectivity index is 1.87. The molecule has 0 unspecified atom stereocenters. The van der Waals surface area contributed by atoms with Crippen molar-refractivity contribution in [3.05, 3.63) is 40.8 Å². The molecule has 1 N–H and O–H groups in total. The third-order valence-corrected chi connectivity index (χ3v) is 6.48. The standard InChI is InChI=1S/C19H25N3O4S/c1-12-11-14(7-8-15(12)22-9-6-10-27(22,24)25)20-18(23)16-13(2)26-21-17(16)19(3,4)5/h7-8,11H,6,9-10H2,1-5H3,(H,20,23). The van der Waals surface area contributed by atoms with Crippen LogP contribution in [0, 0.1) is 13.8 Å². The predicted octanol–water partition coefficient (Wildman–Crippen LogP) is 3.38. The van der Waals surface area contributed by atoms with Gasteiger partial charge in [0.25, 0.3) is 5.91 Å². The zero-order valence-corrected chi connectivity index (χ0v) is 17.1. The van der Waals surface area contributed by atoms with Gasteiger partial charge >= 0.3 is 0 Å². The third kappa shape index (κ3) is 3.71. The van der Waals surface area contributed by atoms with E-state index in [1.54, 1.807) is 25.1 Å². The minimum atomic E-state index is -3.24. The summed E-state index contributed by atoms with van der Waals surface area (Å²) in [5, 5.41) is 6.91. The molecule has 0 aliphatic carbocycles. The Morgan fingerprint density at radius 2 is 1.96 bits per heavy atom. The SMILES string of the molecule is Cc1cc(NC(=O)c2c(C(C)(C)C)noc2C)ccc1N1CCCS1(=O)=O. The zero-order valence-electron chi connectivity index (χ0n) is 16.3. The smallest absolute Gasteiger partial charge is 0.261 e. The minimum absolute atomic E-state index is 0.174. The largest absolute Gasteiger partial charge is 0.361 e. The normalized spacial score (nSPS) is 16.6. The molecule has 8 heteroatoms. The van der Waals surface area contributed by atoms with E-state index in [0.717, 1.165) is 5.56 Å². The van der Waals surface area contributed by atoms with Crippen LogP contribution < -0.4 is 9.62 Å². The van der Waals surface area contributed by atoms with Crippen molar-refractivity contribution in [1.82, 2.24) is 5.16 Å². The molecule has 0 saturated carbocycles. The van der Waals surface area contributed by atoms with Gasteiger partial charge in [-0.25, -0.2) is 8.42 Å². The Hall–Kier alpha value is -2.35. The Morgan fingerprint density at radius 1 is 1.26 bits per heavy atom. The number of hydrogen-bond donors (Lipinski definition) is 1. The summed E-state index contributed by atoms with van der Waals surface area (Å²) in [4.78, 5) is 12.8. The molecule has 1 fully saturated rings. The van der Waals surface area contributed by atoms with Crippen LogP contribution in [0.2, 0.25) is 0 Å². The molecule has 0 spiro atoms. The molecule has 7 nitrogen and oxygen atoms in total. The minimum Gasteiger partial charge on any atom is -0.361 e. The van der Waals surface area contributed by atoms with E-state index < -0.39 is 10.0 Å². The molecule has 1 saturated heterocycles. The average molecular weight is 391 g/mol. The first kappa shape index (κ1) is 19.4. The van der Waals surface area contributed by atoms with Crippen molar-refractivity contribution in [2.24, 2.45) is 0 Å². The lowest BCUT2D eigenvalue weighted by molar-refractivity contribution is 0.102. The van der Waals surface area contributed by atoms with Crippen molar-refractivity contribution in [1.29, 1.82) is 0 Å². The van der Waals surface area contributed by atoms with E-state index in [9.17, 15) is 13.2 Å². The van der Waals surface area contributed by atoms with Gasteiger partial charge in [-0.1, -0.05) is 25.9 Å². The number of nitrogens with zero attached hydrogens (tertiary/aromatic N) is 2. The van der Waals surface area contributed by atoms with Crippen LogP contribution in [0.1, 0.15) is 54.6 Å². The molecule has 1 aromatic carbocycles. The Labute approximate surface area is 159 Å². The zero-order chi connectivity index (χ0) is 20.0. The lowest BCUT2D eigenvalue weighted by Crippen LogP contribution is -2.26. The predicted molar refractivity (Wildman–Crippen MR) is 105 cm³/mol. The van der Waals surface area contributed by atoms with E-state index >= 15 is 0 Å². The second-order valence-electron chi connectivity index (χ2n) is 7.91. The maximum Gasteiger partial charge on any atom is 0.261 e. The van der Waals surface area contributed by atoms with E-state index in [-0.39, 0.29) is 17.1 Å². The molecule has 0 radical (unpaired) electrons. The van der Waals surface area contributed by atoms with Crippen LogP contribution in [0.3, 0.4) is 0 Å². The molecule has 1 amide bonds. The van der Waals surface area contributed by atoms with Gasteiger partial charge in [0.15, 0.2) is 0 Å². The van der Waals surface area contributed by atoms with Gasteiger partial charge in [0.1, 0.15) is 17.0 Å². The van der Waals surface area contributed by atoms with Crippen LogP contribution >= 0.6 is 0 Å². The molecular formula is C19H25N3O4S. The fourth-order valence-corrected chi connectivity index (χ4v) is 4.89. The van der Waals surface area contributed by atoms with E-state index in [1.165, 1.54) is 4.31 Å². The van der Waals surface area contributed by atoms with E-state index in [2.05, 4.69) is 10.5 Å². The number of aromatic nitrogens is 1. The van der Waals surface area contributed by atoms with Gasteiger partial charge in [-0.15, -0.1) is 0 Å². The van der Waals surface area contributed by atoms with Crippen LogP contribution in [-0.4, -0.2) is 31.8 Å².